The number of pyridine rings is 1. The molecule has 0 aliphatic rings. The van der Waals surface area contributed by atoms with Crippen LogP contribution in [0.4, 0.5) is 17.6 Å². The van der Waals surface area contributed by atoms with E-state index in [9.17, 15) is 27.2 Å². The van der Waals surface area contributed by atoms with Crippen molar-refractivity contribution in [2.45, 2.75) is 12.7 Å². The Morgan fingerprint density at radius 1 is 1.13 bits per heavy atom. The van der Waals surface area contributed by atoms with Gasteiger partial charge in [0.25, 0.3) is 11.5 Å². The standard InChI is InChI=1S/C21H13F4N3O2S/c22-14-5-3-12(4-6-14)10-27-19(29)15-11-26-18-9-13(21(23,24)25)8-16(28(18)20(15)30)17-2-1-7-31-17/h1-9,11H,10H2,(H,27,29). The maximum atomic E-state index is 13.3. The molecule has 0 spiro atoms. The molecule has 0 unspecified atom stereocenters. The predicted molar refractivity (Wildman–Crippen MR) is 107 cm³/mol. The number of nitrogens with one attached hydrogen (secondary N) is 1. The summed E-state index contributed by atoms with van der Waals surface area (Å²) in [7, 11) is 0. The lowest BCUT2D eigenvalue weighted by Crippen LogP contribution is -2.32. The van der Waals surface area contributed by atoms with Crippen LogP contribution in [0.5, 0.6) is 0 Å². The summed E-state index contributed by atoms with van der Waals surface area (Å²) in [6.07, 6.45) is -3.67. The smallest absolute Gasteiger partial charge is 0.348 e. The Hall–Kier alpha value is -3.53. The average molecular weight is 447 g/mol. The molecule has 1 N–H and O–H groups in total. The van der Waals surface area contributed by atoms with Crippen LogP contribution in [0.2, 0.25) is 0 Å². The Balaban J connectivity index is 1.77. The number of fused-ring (bicyclic) bond motifs is 1. The zero-order chi connectivity index (χ0) is 22.2. The van der Waals surface area contributed by atoms with Gasteiger partial charge in [-0.1, -0.05) is 18.2 Å². The van der Waals surface area contributed by atoms with Gasteiger partial charge in [-0.15, -0.1) is 11.3 Å². The summed E-state index contributed by atoms with van der Waals surface area (Å²) in [5.41, 5.74) is -1.69. The van der Waals surface area contributed by atoms with E-state index in [4.69, 9.17) is 0 Å². The van der Waals surface area contributed by atoms with E-state index in [2.05, 4.69) is 10.3 Å². The fourth-order valence-electron chi connectivity index (χ4n) is 3.00. The average Bonchev–Trinajstić information content (AvgIpc) is 3.27. The topological polar surface area (TPSA) is 63.5 Å². The van der Waals surface area contributed by atoms with Crippen molar-refractivity contribution in [3.8, 4) is 10.6 Å². The van der Waals surface area contributed by atoms with Gasteiger partial charge >= 0.3 is 6.18 Å². The molecule has 5 nitrogen and oxygen atoms in total. The van der Waals surface area contributed by atoms with Crippen LogP contribution in [0.3, 0.4) is 0 Å². The molecule has 0 atom stereocenters. The Morgan fingerprint density at radius 3 is 2.52 bits per heavy atom. The summed E-state index contributed by atoms with van der Waals surface area (Å²) >= 11 is 1.16. The highest BCUT2D eigenvalue weighted by Gasteiger charge is 2.32. The number of rotatable bonds is 4. The van der Waals surface area contributed by atoms with Crippen LogP contribution in [0, 0.1) is 5.82 Å². The minimum atomic E-state index is -4.63. The molecule has 0 saturated carbocycles. The highest BCUT2D eigenvalue weighted by atomic mass is 32.1. The Labute approximate surface area is 176 Å². The maximum absolute atomic E-state index is 13.3. The van der Waals surface area contributed by atoms with E-state index in [0.29, 0.717) is 10.4 Å². The molecule has 1 aromatic carbocycles. The first kappa shape index (κ1) is 20.7. The molecule has 4 aromatic rings. The summed E-state index contributed by atoms with van der Waals surface area (Å²) in [6.45, 7) is 0.0338. The van der Waals surface area contributed by atoms with Crippen molar-refractivity contribution in [3.63, 3.8) is 0 Å². The highest BCUT2D eigenvalue weighted by Crippen LogP contribution is 2.34. The number of nitrogens with zero attached hydrogens (tertiary/aromatic N) is 2. The van der Waals surface area contributed by atoms with Gasteiger partial charge in [0.05, 0.1) is 16.1 Å². The number of hydrogen-bond donors (Lipinski definition) is 1. The first-order valence-corrected chi connectivity index (χ1v) is 9.81. The lowest BCUT2D eigenvalue weighted by atomic mass is 10.1. The molecule has 158 valence electrons. The van der Waals surface area contributed by atoms with E-state index >= 15 is 0 Å². The van der Waals surface area contributed by atoms with Gasteiger partial charge in [-0.25, -0.2) is 9.37 Å². The highest BCUT2D eigenvalue weighted by molar-refractivity contribution is 7.13. The van der Waals surface area contributed by atoms with Crippen molar-refractivity contribution >= 4 is 22.9 Å². The van der Waals surface area contributed by atoms with E-state index in [1.165, 1.54) is 24.3 Å². The third-order valence-corrected chi connectivity index (χ3v) is 5.41. The monoisotopic (exact) mass is 447 g/mol. The Morgan fingerprint density at radius 2 is 1.87 bits per heavy atom. The molecule has 0 bridgehead atoms. The molecule has 3 heterocycles. The van der Waals surface area contributed by atoms with Gasteiger partial charge in [0.15, 0.2) is 0 Å². The van der Waals surface area contributed by atoms with Gasteiger partial charge < -0.3 is 5.32 Å². The fourth-order valence-corrected chi connectivity index (χ4v) is 3.73. The SMILES string of the molecule is O=C(NCc1ccc(F)cc1)c1cnc2cc(C(F)(F)F)cc(-c3cccs3)n2c1=O. The number of aromatic nitrogens is 2. The van der Waals surface area contributed by atoms with Crippen LogP contribution < -0.4 is 10.9 Å². The summed E-state index contributed by atoms with van der Waals surface area (Å²) in [5.74, 6) is -1.17. The molecule has 0 aliphatic heterocycles. The summed E-state index contributed by atoms with van der Waals surface area (Å²) < 4.78 is 54.0. The third kappa shape index (κ3) is 4.19. The molecule has 0 saturated heterocycles. The molecule has 3 aromatic heterocycles. The second-order valence-electron chi connectivity index (χ2n) is 6.58. The van der Waals surface area contributed by atoms with E-state index in [-0.39, 0.29) is 23.4 Å². The van der Waals surface area contributed by atoms with Gasteiger partial charge in [0.1, 0.15) is 17.0 Å². The summed E-state index contributed by atoms with van der Waals surface area (Å²) in [6, 6.07) is 10.3. The number of halogens is 4. The zero-order valence-corrected chi connectivity index (χ0v) is 16.4. The molecule has 4 rings (SSSR count). The van der Waals surface area contributed by atoms with Crippen LogP contribution >= 0.6 is 11.3 Å². The van der Waals surface area contributed by atoms with Crippen LogP contribution in [0.25, 0.3) is 16.2 Å². The summed E-state index contributed by atoms with van der Waals surface area (Å²) in [5, 5.41) is 4.20. The number of hydrogen-bond acceptors (Lipinski definition) is 4. The van der Waals surface area contributed by atoms with Crippen molar-refractivity contribution in [1.29, 1.82) is 0 Å². The number of alkyl halides is 3. The second-order valence-corrected chi connectivity index (χ2v) is 7.53. The number of benzene rings is 1. The Bertz CT molecular complexity index is 1310. The summed E-state index contributed by atoms with van der Waals surface area (Å²) in [4.78, 5) is 29.9. The lowest BCUT2D eigenvalue weighted by molar-refractivity contribution is -0.137. The van der Waals surface area contributed by atoms with Crippen LogP contribution in [0.1, 0.15) is 21.5 Å². The van der Waals surface area contributed by atoms with E-state index in [1.807, 2.05) is 0 Å². The van der Waals surface area contributed by atoms with Crippen LogP contribution in [-0.4, -0.2) is 15.3 Å². The van der Waals surface area contributed by atoms with Gasteiger partial charge in [0.2, 0.25) is 0 Å². The van der Waals surface area contributed by atoms with Crippen molar-refractivity contribution in [2.24, 2.45) is 0 Å². The minimum Gasteiger partial charge on any atom is -0.348 e. The third-order valence-electron chi connectivity index (χ3n) is 4.52. The minimum absolute atomic E-state index is 0.00879. The van der Waals surface area contributed by atoms with Gasteiger partial charge in [0, 0.05) is 12.7 Å². The van der Waals surface area contributed by atoms with E-state index in [0.717, 1.165) is 34.1 Å². The van der Waals surface area contributed by atoms with Crippen LogP contribution in [0.15, 0.2) is 64.9 Å². The molecular weight excluding hydrogens is 434 g/mol. The maximum Gasteiger partial charge on any atom is 0.416 e. The number of carbonyl (C=O) groups is 1. The molecule has 0 aliphatic carbocycles. The van der Waals surface area contributed by atoms with Crippen molar-refractivity contribution in [2.75, 3.05) is 0 Å². The molecule has 31 heavy (non-hydrogen) atoms. The number of amides is 1. The molecule has 0 radical (unpaired) electrons. The normalized spacial score (nSPS) is 11.6. The van der Waals surface area contributed by atoms with Crippen molar-refractivity contribution in [1.82, 2.24) is 14.7 Å². The second kappa shape index (κ2) is 7.95. The largest absolute Gasteiger partial charge is 0.416 e. The predicted octanol–water partition coefficient (Wildman–Crippen LogP) is 4.51. The lowest BCUT2D eigenvalue weighted by Gasteiger charge is -2.13. The first-order valence-electron chi connectivity index (χ1n) is 8.93. The van der Waals surface area contributed by atoms with Gasteiger partial charge in [-0.2, -0.15) is 13.2 Å². The molecule has 1 amide bonds. The molecule has 10 heteroatoms. The Kier molecular flexibility index (Phi) is 5.32. The van der Waals surface area contributed by atoms with E-state index < -0.39 is 29.0 Å². The molecular formula is C21H13F4N3O2S. The number of carbonyl (C=O) groups excluding carboxylic acids is 1. The van der Waals surface area contributed by atoms with E-state index in [1.54, 1.807) is 17.5 Å². The van der Waals surface area contributed by atoms with Crippen LogP contribution in [-0.2, 0) is 12.7 Å². The quantitative estimate of drug-likeness (QED) is 0.468. The first-order chi connectivity index (χ1) is 14.7. The zero-order valence-electron chi connectivity index (χ0n) is 15.6. The van der Waals surface area contributed by atoms with Crippen molar-refractivity contribution in [3.05, 3.63) is 93.0 Å². The van der Waals surface area contributed by atoms with Crippen molar-refractivity contribution < 1.29 is 22.4 Å². The number of thiophene rings is 1. The van der Waals surface area contributed by atoms with Gasteiger partial charge in [-0.3, -0.25) is 14.0 Å². The van der Waals surface area contributed by atoms with Gasteiger partial charge in [-0.05, 0) is 41.3 Å². The fraction of sp³-hybridized carbons (Fsp3) is 0.0952. The molecule has 0 fully saturated rings.